The first kappa shape index (κ1) is 24.3. The molecule has 9 heteroatoms. The lowest BCUT2D eigenvalue weighted by atomic mass is 10.1. The monoisotopic (exact) mass is 433 g/mol. The molecule has 0 saturated carbocycles. The van der Waals surface area contributed by atoms with Crippen molar-refractivity contribution in [3.63, 3.8) is 0 Å². The molecule has 0 aromatic heterocycles. The van der Waals surface area contributed by atoms with Gasteiger partial charge in [0.15, 0.2) is 5.96 Å². The van der Waals surface area contributed by atoms with Gasteiger partial charge < -0.3 is 29.9 Å². The molecule has 1 saturated heterocycles. The average molecular weight is 434 g/mol. The van der Waals surface area contributed by atoms with Gasteiger partial charge >= 0.3 is 6.09 Å². The fourth-order valence-electron chi connectivity index (χ4n) is 3.23. The van der Waals surface area contributed by atoms with Gasteiger partial charge in [-0.1, -0.05) is 12.1 Å². The Balaban J connectivity index is 2.04. The van der Waals surface area contributed by atoms with E-state index in [0.29, 0.717) is 32.2 Å². The first-order valence-electron chi connectivity index (χ1n) is 10.6. The minimum atomic E-state index is -0.268. The molecule has 1 aromatic rings. The molecule has 0 spiro atoms. The van der Waals surface area contributed by atoms with Crippen LogP contribution in [0.25, 0.3) is 0 Å². The third kappa shape index (κ3) is 7.66. The summed E-state index contributed by atoms with van der Waals surface area (Å²) in [6.07, 6.45) is 1.28. The zero-order chi connectivity index (χ0) is 22.8. The van der Waals surface area contributed by atoms with Gasteiger partial charge in [-0.3, -0.25) is 4.79 Å². The number of guanidine groups is 1. The van der Waals surface area contributed by atoms with E-state index < -0.39 is 0 Å². The fraction of sp³-hybridized carbons (Fsp3) is 0.591. The number of hydrogen-bond acceptors (Lipinski definition) is 5. The maximum atomic E-state index is 12.0. The van der Waals surface area contributed by atoms with Crippen LogP contribution in [0.1, 0.15) is 30.9 Å². The van der Waals surface area contributed by atoms with Crippen LogP contribution in [-0.2, 0) is 16.1 Å². The van der Waals surface area contributed by atoms with Crippen LogP contribution in [0.3, 0.4) is 0 Å². The molecule has 2 amide bonds. The highest BCUT2D eigenvalue weighted by Gasteiger charge is 2.24. The molecule has 0 radical (unpaired) electrons. The summed E-state index contributed by atoms with van der Waals surface area (Å²) in [5, 5.41) is 6.53. The summed E-state index contributed by atoms with van der Waals surface area (Å²) >= 11 is 0. The largest absolute Gasteiger partial charge is 0.496 e. The maximum absolute atomic E-state index is 12.0. The number of piperidine rings is 1. The van der Waals surface area contributed by atoms with Crippen molar-refractivity contribution in [2.24, 2.45) is 4.99 Å². The number of aryl methyl sites for hydroxylation is 1. The molecule has 1 aromatic carbocycles. The van der Waals surface area contributed by atoms with Gasteiger partial charge in [0.25, 0.3) is 0 Å². The molecule has 0 bridgehead atoms. The Morgan fingerprint density at radius 3 is 2.58 bits per heavy atom. The summed E-state index contributed by atoms with van der Waals surface area (Å²) in [5.41, 5.74) is 2.08. The maximum Gasteiger partial charge on any atom is 0.409 e. The average Bonchev–Trinajstić information content (AvgIpc) is 2.76. The van der Waals surface area contributed by atoms with Crippen LogP contribution >= 0.6 is 0 Å². The standard InChI is InChI=1S/C22H35N5O4/c1-6-31-22(29)27-11-9-18(10-12-27)25-21(24-15-20(28)26(3)4)23-14-17-8-7-16(2)13-19(17)30-5/h7-8,13,18H,6,9-12,14-15H2,1-5H3,(H2,23,24,25). The Labute approximate surface area is 184 Å². The van der Waals surface area contributed by atoms with Crippen LogP contribution in [-0.4, -0.2) is 81.2 Å². The molecular formula is C22H35N5O4. The molecule has 0 atom stereocenters. The van der Waals surface area contributed by atoms with Gasteiger partial charge in [0, 0.05) is 38.8 Å². The highest BCUT2D eigenvalue weighted by Crippen LogP contribution is 2.20. The zero-order valence-electron chi connectivity index (χ0n) is 19.2. The Morgan fingerprint density at radius 2 is 1.97 bits per heavy atom. The van der Waals surface area contributed by atoms with Crippen LogP contribution < -0.4 is 15.4 Å². The number of nitrogens with one attached hydrogen (secondary N) is 2. The lowest BCUT2D eigenvalue weighted by Crippen LogP contribution is -2.51. The number of amides is 2. The van der Waals surface area contributed by atoms with Gasteiger partial charge in [0.1, 0.15) is 5.75 Å². The van der Waals surface area contributed by atoms with E-state index in [1.807, 2.05) is 25.1 Å². The third-order valence-corrected chi connectivity index (χ3v) is 5.12. The number of rotatable bonds is 7. The van der Waals surface area contributed by atoms with Crippen molar-refractivity contribution in [3.8, 4) is 5.75 Å². The highest BCUT2D eigenvalue weighted by atomic mass is 16.6. The summed E-state index contributed by atoms with van der Waals surface area (Å²) < 4.78 is 10.6. The molecule has 1 heterocycles. The topological polar surface area (TPSA) is 95.5 Å². The number of likely N-dealkylation sites (tertiary alicyclic amines) is 1. The molecule has 172 valence electrons. The first-order valence-corrected chi connectivity index (χ1v) is 10.6. The number of aliphatic imine (C=N–C) groups is 1. The van der Waals surface area contributed by atoms with Gasteiger partial charge in [0.05, 0.1) is 26.8 Å². The van der Waals surface area contributed by atoms with E-state index in [0.717, 1.165) is 29.7 Å². The van der Waals surface area contributed by atoms with E-state index in [4.69, 9.17) is 9.47 Å². The Hall–Kier alpha value is -2.97. The Morgan fingerprint density at radius 1 is 1.26 bits per heavy atom. The predicted octanol–water partition coefficient (Wildman–Crippen LogP) is 1.75. The number of benzene rings is 1. The van der Waals surface area contributed by atoms with Crippen LogP contribution in [0.15, 0.2) is 23.2 Å². The van der Waals surface area contributed by atoms with Crippen molar-refractivity contribution in [1.82, 2.24) is 20.4 Å². The van der Waals surface area contributed by atoms with Crippen molar-refractivity contribution in [2.45, 2.75) is 39.3 Å². The van der Waals surface area contributed by atoms with E-state index >= 15 is 0 Å². The minimum absolute atomic E-state index is 0.0421. The van der Waals surface area contributed by atoms with Gasteiger partial charge in [-0.2, -0.15) is 0 Å². The molecule has 2 N–H and O–H groups in total. The number of carbonyl (C=O) groups excluding carboxylic acids is 2. The smallest absolute Gasteiger partial charge is 0.409 e. The summed E-state index contributed by atoms with van der Waals surface area (Å²) in [6.45, 7) is 5.99. The molecule has 1 aliphatic rings. The van der Waals surface area contributed by atoms with Crippen LogP contribution in [0.5, 0.6) is 5.75 Å². The van der Waals surface area contributed by atoms with E-state index in [9.17, 15) is 9.59 Å². The molecular weight excluding hydrogens is 398 g/mol. The molecule has 0 aliphatic carbocycles. The zero-order valence-corrected chi connectivity index (χ0v) is 19.2. The van der Waals surface area contributed by atoms with Crippen molar-refractivity contribution in [3.05, 3.63) is 29.3 Å². The third-order valence-electron chi connectivity index (χ3n) is 5.12. The first-order chi connectivity index (χ1) is 14.8. The van der Waals surface area contributed by atoms with E-state index in [2.05, 4.69) is 15.6 Å². The second-order valence-electron chi connectivity index (χ2n) is 7.73. The van der Waals surface area contributed by atoms with Crippen molar-refractivity contribution in [1.29, 1.82) is 0 Å². The normalized spacial score (nSPS) is 14.7. The molecule has 2 rings (SSSR count). The number of ether oxygens (including phenoxy) is 2. The van der Waals surface area contributed by atoms with E-state index in [1.54, 1.807) is 33.0 Å². The molecule has 0 unspecified atom stereocenters. The lowest BCUT2D eigenvalue weighted by Gasteiger charge is -2.32. The number of methoxy groups -OCH3 is 1. The van der Waals surface area contributed by atoms with Gasteiger partial charge in [-0.15, -0.1) is 0 Å². The summed E-state index contributed by atoms with van der Waals surface area (Å²) in [7, 11) is 5.08. The number of likely N-dealkylation sites (N-methyl/N-ethyl adjacent to an activating group) is 1. The van der Waals surface area contributed by atoms with E-state index in [1.165, 1.54) is 4.90 Å². The fourth-order valence-corrected chi connectivity index (χ4v) is 3.23. The molecule has 31 heavy (non-hydrogen) atoms. The second-order valence-corrected chi connectivity index (χ2v) is 7.73. The molecule has 1 fully saturated rings. The lowest BCUT2D eigenvalue weighted by molar-refractivity contribution is -0.127. The highest BCUT2D eigenvalue weighted by molar-refractivity contribution is 5.86. The SMILES string of the molecule is CCOC(=O)N1CCC(NC(=NCc2ccc(C)cc2OC)NCC(=O)N(C)C)CC1. The van der Waals surface area contributed by atoms with Crippen LogP contribution in [0.2, 0.25) is 0 Å². The summed E-state index contributed by atoms with van der Waals surface area (Å²) in [5.74, 6) is 1.31. The molecule has 1 aliphatic heterocycles. The van der Waals surface area contributed by atoms with Crippen molar-refractivity contribution >= 4 is 18.0 Å². The van der Waals surface area contributed by atoms with E-state index in [-0.39, 0.29) is 24.6 Å². The number of carbonyl (C=O) groups is 2. The van der Waals surface area contributed by atoms with Crippen LogP contribution in [0.4, 0.5) is 4.79 Å². The summed E-state index contributed by atoms with van der Waals surface area (Å²) in [4.78, 5) is 31.9. The summed E-state index contributed by atoms with van der Waals surface area (Å²) in [6, 6.07) is 6.14. The van der Waals surface area contributed by atoms with Crippen molar-refractivity contribution in [2.75, 3.05) is 47.4 Å². The second kappa shape index (κ2) is 12.0. The van der Waals surface area contributed by atoms with Crippen LogP contribution in [0, 0.1) is 6.92 Å². The number of nitrogens with zero attached hydrogens (tertiary/aromatic N) is 3. The Kier molecular flexibility index (Phi) is 9.42. The van der Waals surface area contributed by atoms with Gasteiger partial charge in [0.2, 0.25) is 5.91 Å². The molecule has 9 nitrogen and oxygen atoms in total. The minimum Gasteiger partial charge on any atom is -0.496 e. The van der Waals surface area contributed by atoms with Gasteiger partial charge in [-0.25, -0.2) is 9.79 Å². The Bertz CT molecular complexity index is 773. The predicted molar refractivity (Wildman–Crippen MR) is 120 cm³/mol. The van der Waals surface area contributed by atoms with Crippen molar-refractivity contribution < 1.29 is 19.1 Å². The quantitative estimate of drug-likeness (QED) is 0.502. The number of hydrogen-bond donors (Lipinski definition) is 2. The van der Waals surface area contributed by atoms with Gasteiger partial charge in [-0.05, 0) is 38.3 Å².